The lowest BCUT2D eigenvalue weighted by Gasteiger charge is -2.38. The summed E-state index contributed by atoms with van der Waals surface area (Å²) in [4.78, 5) is 23.7. The second-order valence-corrected chi connectivity index (χ2v) is 8.25. The molecule has 0 aliphatic carbocycles. The van der Waals surface area contributed by atoms with Gasteiger partial charge in [-0.05, 0) is 38.3 Å². The van der Waals surface area contributed by atoms with Crippen LogP contribution in [-0.4, -0.2) is 64.6 Å². The molecule has 2 aliphatic rings. The monoisotopic (exact) mass is 469 g/mol. The van der Waals surface area contributed by atoms with E-state index < -0.39 is 12.1 Å². The van der Waals surface area contributed by atoms with Gasteiger partial charge in [-0.3, -0.25) is 9.69 Å². The number of carboxylic acids is 1. The van der Waals surface area contributed by atoms with Crippen LogP contribution < -0.4 is 5.32 Å². The fourth-order valence-corrected chi connectivity index (χ4v) is 4.08. The number of hydrogen-bond acceptors (Lipinski definition) is 6. The van der Waals surface area contributed by atoms with Gasteiger partial charge < -0.3 is 19.7 Å². The lowest BCUT2D eigenvalue weighted by atomic mass is 9.89. The minimum absolute atomic E-state index is 0.000533. The molecule has 3 heterocycles. The van der Waals surface area contributed by atoms with Gasteiger partial charge in [0.25, 0.3) is 5.91 Å². The molecule has 2 N–H and O–H groups in total. The van der Waals surface area contributed by atoms with E-state index in [0.29, 0.717) is 12.2 Å². The third-order valence-corrected chi connectivity index (χ3v) is 5.56. The second-order valence-electron chi connectivity index (χ2n) is 8.25. The number of nitrogens with one attached hydrogen (secondary N) is 1. The number of amides is 1. The van der Waals surface area contributed by atoms with Crippen LogP contribution in [-0.2, 0) is 16.1 Å². The highest BCUT2D eigenvalue weighted by Crippen LogP contribution is 2.35. The molecule has 0 unspecified atom stereocenters. The third kappa shape index (κ3) is 7.03. The molecule has 2 aliphatic heterocycles. The van der Waals surface area contributed by atoms with Crippen molar-refractivity contribution < 1.29 is 37.1 Å². The van der Waals surface area contributed by atoms with Gasteiger partial charge in [0.05, 0.1) is 11.3 Å². The molecule has 1 aromatic carbocycles. The maximum Gasteiger partial charge on any atom is 0.490 e. The Morgan fingerprint density at radius 1 is 1.30 bits per heavy atom. The number of aryl methyl sites for hydroxylation is 1. The van der Waals surface area contributed by atoms with Crippen LogP contribution in [0.2, 0.25) is 0 Å². The van der Waals surface area contributed by atoms with E-state index in [1.54, 1.807) is 0 Å². The maximum absolute atomic E-state index is 12.4. The summed E-state index contributed by atoms with van der Waals surface area (Å²) in [6.45, 7) is 5.23. The molecule has 0 radical (unpaired) electrons. The summed E-state index contributed by atoms with van der Waals surface area (Å²) < 4.78 is 43.1. The number of halogens is 3. The van der Waals surface area contributed by atoms with E-state index in [0.717, 1.165) is 50.4 Å². The van der Waals surface area contributed by atoms with Crippen LogP contribution in [0.3, 0.4) is 0 Å². The van der Waals surface area contributed by atoms with Crippen molar-refractivity contribution >= 4 is 11.9 Å². The van der Waals surface area contributed by atoms with Crippen molar-refractivity contribution in [1.29, 1.82) is 0 Å². The van der Waals surface area contributed by atoms with E-state index in [4.69, 9.17) is 19.2 Å². The second kappa shape index (κ2) is 10.3. The topological polar surface area (TPSA) is 105 Å². The molecule has 2 aromatic rings. The number of alkyl halides is 3. The van der Waals surface area contributed by atoms with E-state index in [2.05, 4.69) is 15.4 Å². The summed E-state index contributed by atoms with van der Waals surface area (Å²) in [6.07, 6.45) is -2.37. The molecular weight excluding hydrogens is 443 g/mol. The summed E-state index contributed by atoms with van der Waals surface area (Å²) in [5, 5.41) is 14.4. The number of carbonyl (C=O) groups excluding carboxylic acids is 1. The Kier molecular flexibility index (Phi) is 7.75. The molecule has 0 saturated carbocycles. The highest BCUT2D eigenvalue weighted by atomic mass is 19.4. The minimum Gasteiger partial charge on any atom is -0.475 e. The van der Waals surface area contributed by atoms with Crippen LogP contribution in [0.15, 0.2) is 40.9 Å². The molecule has 4 rings (SSSR count). The molecule has 1 aromatic heterocycles. The van der Waals surface area contributed by atoms with Crippen LogP contribution in [0.25, 0.3) is 0 Å². The first-order valence-electron chi connectivity index (χ1n) is 10.5. The zero-order valence-electron chi connectivity index (χ0n) is 18.1. The number of ether oxygens (including phenoxy) is 1. The van der Waals surface area contributed by atoms with Crippen LogP contribution >= 0.6 is 0 Å². The number of likely N-dealkylation sites (tertiary alicyclic amines) is 1. The maximum atomic E-state index is 12.4. The van der Waals surface area contributed by atoms with Gasteiger partial charge in [-0.2, -0.15) is 13.2 Å². The smallest absolute Gasteiger partial charge is 0.475 e. The Morgan fingerprint density at radius 2 is 2.00 bits per heavy atom. The number of carboxylic acid groups (broad SMARTS) is 1. The largest absolute Gasteiger partial charge is 0.490 e. The first-order valence-corrected chi connectivity index (χ1v) is 10.5. The molecule has 2 atom stereocenters. The van der Waals surface area contributed by atoms with E-state index >= 15 is 0 Å². The average molecular weight is 469 g/mol. The molecular formula is C22H26F3N3O5. The highest BCUT2D eigenvalue weighted by Gasteiger charge is 2.43. The molecule has 2 saturated heterocycles. The first-order chi connectivity index (χ1) is 15.6. The van der Waals surface area contributed by atoms with Crippen LogP contribution in [0.1, 0.15) is 41.1 Å². The lowest BCUT2D eigenvalue weighted by molar-refractivity contribution is -0.192. The predicted molar refractivity (Wildman–Crippen MR) is 110 cm³/mol. The zero-order valence-corrected chi connectivity index (χ0v) is 18.1. The Hall–Kier alpha value is -2.92. The van der Waals surface area contributed by atoms with Crippen molar-refractivity contribution in [3.05, 3.63) is 53.4 Å². The number of benzene rings is 1. The molecule has 2 fully saturated rings. The van der Waals surface area contributed by atoms with Crippen LogP contribution in [0.4, 0.5) is 13.2 Å². The molecule has 1 amide bonds. The van der Waals surface area contributed by atoms with Gasteiger partial charge in [0, 0.05) is 43.9 Å². The van der Waals surface area contributed by atoms with Crippen molar-refractivity contribution in [2.45, 2.75) is 50.6 Å². The summed E-state index contributed by atoms with van der Waals surface area (Å²) in [5.41, 5.74) is 1.51. The fraction of sp³-hybridized carbons (Fsp3) is 0.500. The van der Waals surface area contributed by atoms with Crippen molar-refractivity contribution in [1.82, 2.24) is 15.4 Å². The molecule has 180 valence electrons. The summed E-state index contributed by atoms with van der Waals surface area (Å²) in [7, 11) is 0. The Bertz CT molecular complexity index is 950. The van der Waals surface area contributed by atoms with E-state index in [-0.39, 0.29) is 17.6 Å². The summed E-state index contributed by atoms with van der Waals surface area (Å²) in [5.74, 6) is -1.92. The van der Waals surface area contributed by atoms with E-state index in [1.807, 2.05) is 43.3 Å². The van der Waals surface area contributed by atoms with Gasteiger partial charge in [-0.25, -0.2) is 4.79 Å². The van der Waals surface area contributed by atoms with Crippen molar-refractivity contribution in [3.63, 3.8) is 0 Å². The quantitative estimate of drug-likeness (QED) is 0.709. The Balaban J connectivity index is 0.000000383. The number of aliphatic carboxylic acids is 1. The van der Waals surface area contributed by atoms with Crippen LogP contribution in [0.5, 0.6) is 0 Å². The highest BCUT2D eigenvalue weighted by molar-refractivity contribution is 5.94. The van der Waals surface area contributed by atoms with Gasteiger partial charge in [0.2, 0.25) is 0 Å². The SMILES string of the molecule is Cc1cc(CN2CC[C@@]3(C[C@H](NC(=O)c4ccccc4)CCO3)C2)no1.O=C(O)C(F)(F)F. The van der Waals surface area contributed by atoms with Gasteiger partial charge in [0.15, 0.2) is 0 Å². The molecule has 33 heavy (non-hydrogen) atoms. The van der Waals surface area contributed by atoms with Crippen LogP contribution in [0, 0.1) is 6.92 Å². The zero-order chi connectivity index (χ0) is 24.1. The van der Waals surface area contributed by atoms with E-state index in [1.165, 1.54) is 0 Å². The Labute approximate surface area is 188 Å². The summed E-state index contributed by atoms with van der Waals surface area (Å²) in [6, 6.07) is 11.5. The van der Waals surface area contributed by atoms with Gasteiger partial charge in [-0.15, -0.1) is 0 Å². The number of hydrogen-bond donors (Lipinski definition) is 2. The minimum atomic E-state index is -5.08. The number of aromatic nitrogens is 1. The predicted octanol–water partition coefficient (Wildman–Crippen LogP) is 3.17. The van der Waals surface area contributed by atoms with E-state index in [9.17, 15) is 18.0 Å². The first kappa shape index (κ1) is 24.7. The van der Waals surface area contributed by atoms with Gasteiger partial charge >= 0.3 is 12.1 Å². The fourth-order valence-electron chi connectivity index (χ4n) is 4.08. The van der Waals surface area contributed by atoms with Crippen molar-refractivity contribution in [2.24, 2.45) is 0 Å². The summed E-state index contributed by atoms with van der Waals surface area (Å²) >= 11 is 0. The lowest BCUT2D eigenvalue weighted by Crippen LogP contribution is -2.49. The Morgan fingerprint density at radius 3 is 2.61 bits per heavy atom. The van der Waals surface area contributed by atoms with Gasteiger partial charge in [0.1, 0.15) is 5.76 Å². The molecule has 1 spiro atoms. The molecule has 8 nitrogen and oxygen atoms in total. The number of nitrogens with zero attached hydrogens (tertiary/aromatic N) is 2. The number of carbonyl (C=O) groups is 2. The average Bonchev–Trinajstić information content (AvgIpc) is 3.34. The molecule has 0 bridgehead atoms. The third-order valence-electron chi connectivity index (χ3n) is 5.56. The van der Waals surface area contributed by atoms with Gasteiger partial charge in [-0.1, -0.05) is 23.4 Å². The number of rotatable bonds is 4. The molecule has 11 heteroatoms. The van der Waals surface area contributed by atoms with Crippen molar-refractivity contribution in [2.75, 3.05) is 19.7 Å². The standard InChI is InChI=1S/C20H25N3O3.C2HF3O2/c1-15-11-18(22-26-15)13-23-9-8-20(14-23)12-17(7-10-25-20)21-19(24)16-5-3-2-4-6-16;3-2(4,5)1(6)7/h2-6,11,17H,7-10,12-14H2,1H3,(H,21,24);(H,6,7)/t17-,20-;/m1./s1. The normalized spacial score (nSPS) is 23.1. The van der Waals surface area contributed by atoms with Crippen molar-refractivity contribution in [3.8, 4) is 0 Å².